The fraction of sp³-hybridized carbons (Fsp3) is 0.381. The monoisotopic (exact) mass is 414 g/mol. The van der Waals surface area contributed by atoms with Gasteiger partial charge >= 0.3 is 0 Å². The van der Waals surface area contributed by atoms with Gasteiger partial charge < -0.3 is 15.0 Å². The van der Waals surface area contributed by atoms with E-state index < -0.39 is 0 Å². The fourth-order valence-corrected chi connectivity index (χ4v) is 4.22. The summed E-state index contributed by atoms with van der Waals surface area (Å²) in [6.45, 7) is 4.26. The Morgan fingerprint density at radius 1 is 1.28 bits per heavy atom. The second kappa shape index (κ2) is 8.75. The number of fused-ring (bicyclic) bond motifs is 1. The number of aryl methyl sites for hydroxylation is 2. The maximum atomic E-state index is 12.8. The highest BCUT2D eigenvalue weighted by Gasteiger charge is 2.17. The first-order chi connectivity index (χ1) is 13.8. The first-order valence-corrected chi connectivity index (χ1v) is 10.2. The van der Waals surface area contributed by atoms with Crippen molar-refractivity contribution in [2.45, 2.75) is 26.4 Å². The second-order valence-corrected chi connectivity index (χ2v) is 8.40. The van der Waals surface area contributed by atoms with Crippen molar-refractivity contribution in [3.63, 3.8) is 0 Å². The Hall–Kier alpha value is -2.71. The molecule has 0 aliphatic rings. The number of rotatable bonds is 7. The molecule has 1 atom stereocenters. The van der Waals surface area contributed by atoms with E-state index in [1.165, 1.54) is 22.2 Å². The Kier molecular flexibility index (Phi) is 6.34. The normalized spacial score (nSPS) is 12.3. The Morgan fingerprint density at radius 2 is 1.97 bits per heavy atom. The van der Waals surface area contributed by atoms with Crippen LogP contribution in [0.2, 0.25) is 0 Å². The van der Waals surface area contributed by atoms with Gasteiger partial charge in [0, 0.05) is 11.4 Å². The predicted molar refractivity (Wildman–Crippen MR) is 116 cm³/mol. The molecule has 1 aromatic carbocycles. The maximum Gasteiger partial charge on any atom is 0.262 e. The fourth-order valence-electron chi connectivity index (χ4n) is 3.23. The lowest BCUT2D eigenvalue weighted by Gasteiger charge is -2.25. The first kappa shape index (κ1) is 21.0. The molecule has 1 N–H and O–H groups in total. The number of carbonyl (C=O) groups excluding carboxylic acids is 1. The summed E-state index contributed by atoms with van der Waals surface area (Å²) in [5.74, 6) is 0.565. The smallest absolute Gasteiger partial charge is 0.262 e. The van der Waals surface area contributed by atoms with Crippen molar-refractivity contribution in [2.75, 3.05) is 27.7 Å². The Morgan fingerprint density at radius 3 is 2.59 bits per heavy atom. The summed E-state index contributed by atoms with van der Waals surface area (Å²) >= 11 is 1.50. The van der Waals surface area contributed by atoms with E-state index in [2.05, 4.69) is 10.3 Å². The summed E-state index contributed by atoms with van der Waals surface area (Å²) in [5, 5.41) is 3.54. The summed E-state index contributed by atoms with van der Waals surface area (Å²) in [7, 11) is 5.56. The lowest BCUT2D eigenvalue weighted by atomic mass is 10.1. The molecule has 0 aliphatic heterocycles. The average Bonchev–Trinajstić information content (AvgIpc) is 2.99. The average molecular weight is 415 g/mol. The van der Waals surface area contributed by atoms with Crippen LogP contribution in [0, 0.1) is 13.8 Å². The van der Waals surface area contributed by atoms with Crippen LogP contribution in [0.4, 0.5) is 0 Å². The molecule has 0 radical (unpaired) electrons. The lowest BCUT2D eigenvalue weighted by Crippen LogP contribution is -2.37. The number of nitrogens with zero attached hydrogens (tertiary/aromatic N) is 3. The van der Waals surface area contributed by atoms with E-state index in [0.29, 0.717) is 16.8 Å². The van der Waals surface area contributed by atoms with Crippen LogP contribution in [0.3, 0.4) is 0 Å². The van der Waals surface area contributed by atoms with Gasteiger partial charge in [0.2, 0.25) is 5.91 Å². The Labute approximate surface area is 173 Å². The predicted octanol–water partition coefficient (Wildman–Crippen LogP) is 2.50. The molecule has 0 saturated carbocycles. The molecular formula is C21H26N4O3S. The number of thiophene rings is 1. The molecule has 3 rings (SSSR count). The highest BCUT2D eigenvalue weighted by Crippen LogP contribution is 2.25. The minimum Gasteiger partial charge on any atom is -0.497 e. The molecule has 154 valence electrons. The molecular weight excluding hydrogens is 388 g/mol. The van der Waals surface area contributed by atoms with Gasteiger partial charge in [0.1, 0.15) is 17.1 Å². The summed E-state index contributed by atoms with van der Waals surface area (Å²) in [4.78, 5) is 33.4. The Bertz CT molecular complexity index is 1070. The van der Waals surface area contributed by atoms with E-state index in [-0.39, 0.29) is 24.1 Å². The third kappa shape index (κ3) is 4.49. The minimum absolute atomic E-state index is 0.00366. The van der Waals surface area contributed by atoms with Crippen molar-refractivity contribution >= 4 is 27.5 Å². The third-order valence-electron chi connectivity index (χ3n) is 5.09. The van der Waals surface area contributed by atoms with Crippen LogP contribution in [0.1, 0.15) is 22.0 Å². The van der Waals surface area contributed by atoms with Gasteiger partial charge in [0.25, 0.3) is 5.56 Å². The quantitative estimate of drug-likeness (QED) is 0.643. The number of likely N-dealkylation sites (N-methyl/N-ethyl adjacent to an activating group) is 1. The number of ether oxygens (including phenoxy) is 1. The van der Waals surface area contributed by atoms with Crippen molar-refractivity contribution in [1.29, 1.82) is 0 Å². The Balaban J connectivity index is 1.71. The molecule has 29 heavy (non-hydrogen) atoms. The van der Waals surface area contributed by atoms with Gasteiger partial charge in [-0.3, -0.25) is 14.2 Å². The number of methoxy groups -OCH3 is 1. The van der Waals surface area contributed by atoms with Gasteiger partial charge in [-0.2, -0.15) is 0 Å². The van der Waals surface area contributed by atoms with Crippen LogP contribution in [-0.4, -0.2) is 48.1 Å². The molecule has 0 fully saturated rings. The molecule has 3 aromatic rings. The maximum absolute atomic E-state index is 12.8. The van der Waals surface area contributed by atoms with Gasteiger partial charge in [-0.15, -0.1) is 11.3 Å². The highest BCUT2D eigenvalue weighted by atomic mass is 32.1. The van der Waals surface area contributed by atoms with E-state index in [0.717, 1.165) is 21.8 Å². The van der Waals surface area contributed by atoms with Crippen molar-refractivity contribution in [3.05, 3.63) is 57.0 Å². The number of hydrogen-bond acceptors (Lipinski definition) is 6. The third-order valence-corrected chi connectivity index (χ3v) is 6.20. The molecule has 1 amide bonds. The first-order valence-electron chi connectivity index (χ1n) is 9.34. The number of nitrogens with one attached hydrogen (secondary N) is 1. The lowest BCUT2D eigenvalue weighted by molar-refractivity contribution is -0.121. The molecule has 0 unspecified atom stereocenters. The summed E-state index contributed by atoms with van der Waals surface area (Å²) < 4.78 is 6.57. The molecule has 0 saturated heterocycles. The molecule has 7 nitrogen and oxygen atoms in total. The highest BCUT2D eigenvalue weighted by molar-refractivity contribution is 7.18. The van der Waals surface area contributed by atoms with Crippen LogP contribution in [-0.2, 0) is 11.3 Å². The van der Waals surface area contributed by atoms with Gasteiger partial charge in [0.15, 0.2) is 0 Å². The number of carbonyl (C=O) groups is 1. The van der Waals surface area contributed by atoms with E-state index in [1.807, 2.05) is 57.1 Å². The SMILES string of the molecule is COc1ccc([C@H](CNC(=O)Cn2cnc3sc(C)c(C)c3c2=O)N(C)C)cc1. The summed E-state index contributed by atoms with van der Waals surface area (Å²) in [6, 6.07) is 7.78. The zero-order chi connectivity index (χ0) is 21.1. The van der Waals surface area contributed by atoms with Crippen molar-refractivity contribution in [3.8, 4) is 5.75 Å². The van der Waals surface area contributed by atoms with Crippen LogP contribution in [0.15, 0.2) is 35.4 Å². The van der Waals surface area contributed by atoms with E-state index in [1.54, 1.807) is 7.11 Å². The topological polar surface area (TPSA) is 76.5 Å². The van der Waals surface area contributed by atoms with Crippen molar-refractivity contribution in [1.82, 2.24) is 19.8 Å². The van der Waals surface area contributed by atoms with E-state index in [4.69, 9.17) is 4.74 Å². The van der Waals surface area contributed by atoms with Gasteiger partial charge in [-0.25, -0.2) is 4.98 Å². The summed E-state index contributed by atoms with van der Waals surface area (Å²) in [6.07, 6.45) is 1.45. The zero-order valence-electron chi connectivity index (χ0n) is 17.4. The molecule has 0 bridgehead atoms. The van der Waals surface area contributed by atoms with Crippen molar-refractivity contribution in [2.24, 2.45) is 0 Å². The zero-order valence-corrected chi connectivity index (χ0v) is 18.2. The van der Waals surface area contributed by atoms with Crippen LogP contribution >= 0.6 is 11.3 Å². The molecule has 0 aliphatic carbocycles. The minimum atomic E-state index is -0.224. The van der Waals surface area contributed by atoms with Crippen LogP contribution in [0.5, 0.6) is 5.75 Å². The van der Waals surface area contributed by atoms with Crippen LogP contribution in [0.25, 0.3) is 10.2 Å². The molecule has 0 spiro atoms. The second-order valence-electron chi connectivity index (χ2n) is 7.20. The number of amides is 1. The number of aromatic nitrogens is 2. The number of hydrogen-bond donors (Lipinski definition) is 1. The number of benzene rings is 1. The van der Waals surface area contributed by atoms with Crippen molar-refractivity contribution < 1.29 is 9.53 Å². The van der Waals surface area contributed by atoms with Gasteiger partial charge in [0.05, 0.1) is 24.9 Å². The molecule has 8 heteroatoms. The standard InChI is InChI=1S/C21H26N4O3S/c1-13-14(2)29-20-19(13)21(27)25(12-23-20)11-18(26)22-10-17(24(3)4)15-6-8-16(28-5)9-7-15/h6-9,12,17H,10-11H2,1-5H3,(H,22,26)/t17-/m0/s1. The largest absolute Gasteiger partial charge is 0.497 e. The summed E-state index contributed by atoms with van der Waals surface area (Å²) in [5.41, 5.74) is 1.83. The molecule has 2 aromatic heterocycles. The van der Waals surface area contributed by atoms with E-state index >= 15 is 0 Å². The van der Waals surface area contributed by atoms with Gasteiger partial charge in [-0.05, 0) is 51.2 Å². The van der Waals surface area contributed by atoms with Crippen LogP contribution < -0.4 is 15.6 Å². The molecule has 2 heterocycles. The van der Waals surface area contributed by atoms with E-state index in [9.17, 15) is 9.59 Å². The van der Waals surface area contributed by atoms with Gasteiger partial charge in [-0.1, -0.05) is 12.1 Å².